The Bertz CT molecular complexity index is 1290. The minimum absolute atomic E-state index is 0.193. The highest BCUT2D eigenvalue weighted by Crippen LogP contribution is 2.31. The Hall–Kier alpha value is -3.29. The summed E-state index contributed by atoms with van der Waals surface area (Å²) in [6.45, 7) is 7.48. The van der Waals surface area contributed by atoms with Gasteiger partial charge in [-0.1, -0.05) is 19.1 Å². The molecule has 0 unspecified atom stereocenters. The smallest absolute Gasteiger partial charge is 0.273 e. The van der Waals surface area contributed by atoms with Gasteiger partial charge >= 0.3 is 0 Å². The zero-order valence-corrected chi connectivity index (χ0v) is 18.6. The molecule has 0 atom stereocenters. The van der Waals surface area contributed by atoms with Crippen LogP contribution >= 0.6 is 0 Å². The Balaban J connectivity index is 1.52. The van der Waals surface area contributed by atoms with Gasteiger partial charge in [-0.2, -0.15) is 5.10 Å². The van der Waals surface area contributed by atoms with Crippen LogP contribution < -0.4 is 5.56 Å². The number of aromatic nitrogens is 4. The van der Waals surface area contributed by atoms with Gasteiger partial charge in [0, 0.05) is 61.6 Å². The zero-order valence-electron chi connectivity index (χ0n) is 18.6. The van der Waals surface area contributed by atoms with Gasteiger partial charge < -0.3 is 9.88 Å². The second-order valence-electron chi connectivity index (χ2n) is 8.52. The molecule has 7 nitrogen and oxygen atoms in total. The standard InChI is InChI=1S/C25H28N6O/c1-3-19-20-5-4-17(16-31-12-10-30(2)11-13-31)14-23(20)27-24(19)21-15-22(28-29-25(21)32)18-6-8-26-9-7-18/h4-9,14-15,27H,3,10-13,16H2,1-2H3,(H,29,32). The topological polar surface area (TPSA) is 80.9 Å². The molecule has 1 aliphatic heterocycles. The van der Waals surface area contributed by atoms with E-state index in [1.54, 1.807) is 12.4 Å². The molecule has 164 valence electrons. The lowest BCUT2D eigenvalue weighted by Gasteiger charge is -2.32. The van der Waals surface area contributed by atoms with E-state index in [9.17, 15) is 4.79 Å². The van der Waals surface area contributed by atoms with Gasteiger partial charge in [0.25, 0.3) is 5.56 Å². The fourth-order valence-corrected chi connectivity index (χ4v) is 4.52. The number of H-pyrrole nitrogens is 2. The summed E-state index contributed by atoms with van der Waals surface area (Å²) in [5.41, 5.74) is 6.45. The van der Waals surface area contributed by atoms with E-state index in [4.69, 9.17) is 0 Å². The first kappa shape index (κ1) is 20.6. The molecular weight excluding hydrogens is 400 g/mol. The Morgan fingerprint density at radius 1 is 1.03 bits per heavy atom. The summed E-state index contributed by atoms with van der Waals surface area (Å²) in [6.07, 6.45) is 4.29. The molecule has 32 heavy (non-hydrogen) atoms. The van der Waals surface area contributed by atoms with E-state index in [1.807, 2.05) is 18.2 Å². The predicted octanol–water partition coefficient (Wildman–Crippen LogP) is 3.29. The van der Waals surface area contributed by atoms with Crippen LogP contribution in [-0.4, -0.2) is 63.2 Å². The fraction of sp³-hybridized carbons (Fsp3) is 0.320. The second-order valence-corrected chi connectivity index (χ2v) is 8.52. The third-order valence-electron chi connectivity index (χ3n) is 6.38. The Morgan fingerprint density at radius 2 is 1.81 bits per heavy atom. The predicted molar refractivity (Wildman–Crippen MR) is 128 cm³/mol. The monoisotopic (exact) mass is 428 g/mol. The number of likely N-dealkylation sites (N-methyl/N-ethyl adjacent to an activating group) is 1. The van der Waals surface area contributed by atoms with E-state index in [1.165, 1.54) is 10.9 Å². The number of fused-ring (bicyclic) bond motifs is 1. The molecule has 1 saturated heterocycles. The van der Waals surface area contributed by atoms with Crippen molar-refractivity contribution in [1.29, 1.82) is 0 Å². The van der Waals surface area contributed by atoms with Crippen molar-refractivity contribution in [3.63, 3.8) is 0 Å². The molecule has 7 heteroatoms. The number of rotatable bonds is 5. The maximum atomic E-state index is 12.7. The highest BCUT2D eigenvalue weighted by atomic mass is 16.1. The van der Waals surface area contributed by atoms with Crippen molar-refractivity contribution in [2.24, 2.45) is 0 Å². The van der Waals surface area contributed by atoms with Gasteiger partial charge in [0.1, 0.15) is 0 Å². The van der Waals surface area contributed by atoms with Crippen LogP contribution in [0.5, 0.6) is 0 Å². The van der Waals surface area contributed by atoms with Crippen molar-refractivity contribution >= 4 is 10.9 Å². The van der Waals surface area contributed by atoms with Gasteiger partial charge in [-0.25, -0.2) is 5.10 Å². The van der Waals surface area contributed by atoms with Crippen LogP contribution in [0.25, 0.3) is 33.4 Å². The fourth-order valence-electron chi connectivity index (χ4n) is 4.52. The molecule has 4 heterocycles. The third-order valence-corrected chi connectivity index (χ3v) is 6.38. The number of aryl methyl sites for hydroxylation is 1. The number of nitrogens with one attached hydrogen (secondary N) is 2. The summed E-state index contributed by atoms with van der Waals surface area (Å²) in [6, 6.07) is 12.3. The molecule has 1 fully saturated rings. The van der Waals surface area contributed by atoms with E-state index in [-0.39, 0.29) is 5.56 Å². The summed E-state index contributed by atoms with van der Waals surface area (Å²) in [4.78, 5) is 25.2. The number of hydrogen-bond acceptors (Lipinski definition) is 5. The third kappa shape index (κ3) is 3.97. The van der Waals surface area contributed by atoms with Crippen molar-refractivity contribution in [2.45, 2.75) is 19.9 Å². The molecule has 0 spiro atoms. The van der Waals surface area contributed by atoms with Crippen molar-refractivity contribution in [1.82, 2.24) is 30.0 Å². The molecule has 3 aromatic heterocycles. The van der Waals surface area contributed by atoms with Crippen LogP contribution in [0.2, 0.25) is 0 Å². The van der Waals surface area contributed by atoms with Crippen LogP contribution in [0.3, 0.4) is 0 Å². The Labute approximate surface area is 187 Å². The number of benzene rings is 1. The van der Waals surface area contributed by atoms with E-state index in [2.05, 4.69) is 62.1 Å². The molecule has 1 aromatic carbocycles. The minimum Gasteiger partial charge on any atom is -0.354 e. The number of hydrogen-bond donors (Lipinski definition) is 2. The molecule has 0 bridgehead atoms. The minimum atomic E-state index is -0.193. The highest BCUT2D eigenvalue weighted by Gasteiger charge is 2.18. The van der Waals surface area contributed by atoms with Gasteiger partial charge in [-0.15, -0.1) is 0 Å². The summed E-state index contributed by atoms with van der Waals surface area (Å²) in [5.74, 6) is 0. The van der Waals surface area contributed by atoms with E-state index >= 15 is 0 Å². The maximum absolute atomic E-state index is 12.7. The van der Waals surface area contributed by atoms with Gasteiger partial charge in [0.2, 0.25) is 0 Å². The zero-order chi connectivity index (χ0) is 22.1. The van der Waals surface area contributed by atoms with Gasteiger partial charge in [0.05, 0.1) is 17.0 Å². The van der Waals surface area contributed by atoms with Crippen LogP contribution in [0, 0.1) is 0 Å². The van der Waals surface area contributed by atoms with Crippen molar-refractivity contribution < 1.29 is 0 Å². The number of nitrogens with zero attached hydrogens (tertiary/aromatic N) is 4. The normalized spacial score (nSPS) is 15.4. The van der Waals surface area contributed by atoms with Crippen LogP contribution in [-0.2, 0) is 13.0 Å². The largest absolute Gasteiger partial charge is 0.354 e. The van der Waals surface area contributed by atoms with E-state index in [0.29, 0.717) is 5.56 Å². The number of pyridine rings is 1. The average molecular weight is 429 g/mol. The first-order valence-corrected chi connectivity index (χ1v) is 11.2. The molecule has 0 amide bonds. The van der Waals surface area contributed by atoms with Gasteiger partial charge in [0.15, 0.2) is 0 Å². The lowest BCUT2D eigenvalue weighted by molar-refractivity contribution is 0.148. The molecular formula is C25H28N6O. The second kappa shape index (κ2) is 8.68. The quantitative estimate of drug-likeness (QED) is 0.510. The molecule has 2 N–H and O–H groups in total. The first-order valence-electron chi connectivity index (χ1n) is 11.2. The molecule has 0 aliphatic carbocycles. The molecule has 5 rings (SSSR count). The summed E-state index contributed by atoms with van der Waals surface area (Å²) in [7, 11) is 2.18. The summed E-state index contributed by atoms with van der Waals surface area (Å²) >= 11 is 0. The SMILES string of the molecule is CCc1c(-c2cc(-c3ccncc3)n[nH]c2=O)[nH]c2cc(CN3CCN(C)CC3)ccc12. The molecule has 0 saturated carbocycles. The number of aromatic amines is 2. The van der Waals surface area contributed by atoms with Crippen LogP contribution in [0.15, 0.2) is 53.6 Å². The first-order chi connectivity index (χ1) is 15.6. The van der Waals surface area contributed by atoms with Crippen molar-refractivity contribution in [3.05, 3.63) is 70.3 Å². The van der Waals surface area contributed by atoms with Crippen molar-refractivity contribution in [2.75, 3.05) is 33.2 Å². The van der Waals surface area contributed by atoms with Crippen LogP contribution in [0.4, 0.5) is 0 Å². The average Bonchev–Trinajstić information content (AvgIpc) is 3.19. The lowest BCUT2D eigenvalue weighted by Crippen LogP contribution is -2.43. The Morgan fingerprint density at radius 3 is 2.56 bits per heavy atom. The lowest BCUT2D eigenvalue weighted by atomic mass is 10.0. The summed E-state index contributed by atoms with van der Waals surface area (Å²) < 4.78 is 0. The Kier molecular flexibility index (Phi) is 5.59. The summed E-state index contributed by atoms with van der Waals surface area (Å²) in [5, 5.41) is 8.09. The van der Waals surface area contributed by atoms with E-state index in [0.717, 1.165) is 67.2 Å². The molecule has 4 aromatic rings. The van der Waals surface area contributed by atoms with Crippen molar-refractivity contribution in [3.8, 4) is 22.5 Å². The van der Waals surface area contributed by atoms with Gasteiger partial charge in [-0.05, 0) is 48.9 Å². The molecule has 0 radical (unpaired) electrons. The molecule has 1 aliphatic rings. The van der Waals surface area contributed by atoms with E-state index < -0.39 is 0 Å². The maximum Gasteiger partial charge on any atom is 0.273 e. The highest BCUT2D eigenvalue weighted by molar-refractivity contribution is 5.91. The van der Waals surface area contributed by atoms with Crippen LogP contribution in [0.1, 0.15) is 18.1 Å². The van der Waals surface area contributed by atoms with Gasteiger partial charge in [-0.3, -0.25) is 14.7 Å². The number of piperazine rings is 1.